The van der Waals surface area contributed by atoms with Gasteiger partial charge in [-0.2, -0.15) is 0 Å². The van der Waals surface area contributed by atoms with Crippen molar-refractivity contribution >= 4 is 35.7 Å². The minimum Gasteiger partial charge on any atom is -0.493 e. The van der Waals surface area contributed by atoms with Crippen LogP contribution < -0.4 is 4.74 Å². The highest BCUT2D eigenvalue weighted by Gasteiger charge is 2.10. The zero-order valence-corrected chi connectivity index (χ0v) is 13.6. The van der Waals surface area contributed by atoms with Crippen LogP contribution in [0.2, 0.25) is 0 Å². The molecule has 3 nitrogen and oxygen atoms in total. The van der Waals surface area contributed by atoms with Gasteiger partial charge in [0.15, 0.2) is 0 Å². The van der Waals surface area contributed by atoms with Crippen LogP contribution in [0.3, 0.4) is 0 Å². The second-order valence-electron chi connectivity index (χ2n) is 4.38. The first-order valence-corrected chi connectivity index (χ1v) is 9.04. The Kier molecular flexibility index (Phi) is 6.56. The van der Waals surface area contributed by atoms with Gasteiger partial charge in [0, 0.05) is 21.2 Å². The topological polar surface area (TPSA) is 43.4 Å². The summed E-state index contributed by atoms with van der Waals surface area (Å²) in [6, 6.07) is 4.33. The molecule has 0 bridgehead atoms. The largest absolute Gasteiger partial charge is 0.493 e. The molecule has 0 saturated heterocycles. The van der Waals surface area contributed by atoms with Crippen molar-refractivity contribution in [2.24, 2.45) is 5.92 Å². The number of benzene rings is 1. The maximum absolute atomic E-state index is 13.1. The average molecular weight is 374 g/mol. The zero-order valence-electron chi connectivity index (χ0n) is 10.4. The third-order valence-corrected chi connectivity index (χ3v) is 4.21. The lowest BCUT2D eigenvalue weighted by Gasteiger charge is -2.11. The Labute approximate surface area is 125 Å². The molecule has 0 spiro atoms. The molecule has 1 aromatic carbocycles. The molecular weight excluding hydrogens is 359 g/mol. The lowest BCUT2D eigenvalue weighted by Crippen LogP contribution is -2.08. The van der Waals surface area contributed by atoms with E-state index in [0.717, 1.165) is 0 Å². The smallest absolute Gasteiger partial charge is 0.232 e. The second-order valence-corrected chi connectivity index (χ2v) is 8.19. The highest BCUT2D eigenvalue weighted by Crippen LogP contribution is 2.21. The lowest BCUT2D eigenvalue weighted by molar-refractivity contribution is 0.280. The predicted molar refractivity (Wildman–Crippen MR) is 77.6 cm³/mol. The van der Waals surface area contributed by atoms with Crippen LogP contribution in [0.4, 0.5) is 4.39 Å². The van der Waals surface area contributed by atoms with Gasteiger partial charge in [0.05, 0.1) is 12.4 Å². The number of halogens is 3. The molecule has 1 atom stereocenters. The summed E-state index contributed by atoms with van der Waals surface area (Å²) in [4.78, 5) is 0. The number of rotatable bonds is 7. The van der Waals surface area contributed by atoms with Crippen LogP contribution in [0.5, 0.6) is 5.75 Å². The van der Waals surface area contributed by atoms with Gasteiger partial charge < -0.3 is 4.74 Å². The molecule has 1 aromatic rings. The molecule has 0 radical (unpaired) electrons. The zero-order chi connectivity index (χ0) is 14.5. The molecule has 1 unspecified atom stereocenters. The molecule has 0 amide bonds. The van der Waals surface area contributed by atoms with E-state index in [1.807, 2.05) is 6.92 Å². The van der Waals surface area contributed by atoms with Crippen LogP contribution >= 0.6 is 26.6 Å². The van der Waals surface area contributed by atoms with Gasteiger partial charge in [0.2, 0.25) is 9.05 Å². The second kappa shape index (κ2) is 7.45. The molecule has 108 valence electrons. The molecule has 19 heavy (non-hydrogen) atoms. The van der Waals surface area contributed by atoms with Crippen LogP contribution in [0.25, 0.3) is 0 Å². The Hall–Kier alpha value is -0.330. The quantitative estimate of drug-likeness (QED) is 0.680. The van der Waals surface area contributed by atoms with E-state index in [0.29, 0.717) is 29.7 Å². The van der Waals surface area contributed by atoms with Gasteiger partial charge in [-0.3, -0.25) is 0 Å². The van der Waals surface area contributed by atoms with Gasteiger partial charge >= 0.3 is 0 Å². The molecule has 0 heterocycles. The third kappa shape index (κ3) is 7.74. The third-order valence-electron chi connectivity index (χ3n) is 2.57. The Morgan fingerprint density at radius 1 is 1.37 bits per heavy atom. The van der Waals surface area contributed by atoms with Crippen molar-refractivity contribution in [3.8, 4) is 5.75 Å². The van der Waals surface area contributed by atoms with E-state index in [9.17, 15) is 12.8 Å². The van der Waals surface area contributed by atoms with Crippen molar-refractivity contribution in [2.45, 2.75) is 19.8 Å². The molecule has 7 heteroatoms. The Morgan fingerprint density at radius 3 is 2.63 bits per heavy atom. The van der Waals surface area contributed by atoms with Gasteiger partial charge in [-0.25, -0.2) is 12.8 Å². The van der Waals surface area contributed by atoms with E-state index in [1.165, 1.54) is 12.1 Å². The van der Waals surface area contributed by atoms with Gasteiger partial charge in [-0.15, -0.1) is 0 Å². The first kappa shape index (κ1) is 16.7. The number of hydrogen-bond acceptors (Lipinski definition) is 3. The normalized spacial score (nSPS) is 13.3. The minimum atomic E-state index is -3.43. The number of hydrogen-bond donors (Lipinski definition) is 0. The molecule has 0 saturated carbocycles. The summed E-state index contributed by atoms with van der Waals surface area (Å²) in [5.41, 5.74) is 0. The summed E-state index contributed by atoms with van der Waals surface area (Å²) in [6.07, 6.45) is 1.17. The van der Waals surface area contributed by atoms with Crippen molar-refractivity contribution in [1.29, 1.82) is 0 Å². The fourth-order valence-corrected chi connectivity index (χ4v) is 2.87. The highest BCUT2D eigenvalue weighted by molar-refractivity contribution is 9.10. The summed E-state index contributed by atoms with van der Waals surface area (Å²) in [7, 11) is 1.70. The fraction of sp³-hybridized carbons (Fsp3) is 0.500. The van der Waals surface area contributed by atoms with Crippen molar-refractivity contribution in [2.75, 3.05) is 12.4 Å². The van der Waals surface area contributed by atoms with Crippen molar-refractivity contribution in [3.05, 3.63) is 28.5 Å². The Morgan fingerprint density at radius 2 is 2.05 bits per heavy atom. The Bertz CT molecular complexity index is 501. The summed E-state index contributed by atoms with van der Waals surface area (Å²) in [5, 5.41) is 0. The van der Waals surface area contributed by atoms with Crippen LogP contribution in [-0.4, -0.2) is 20.8 Å². The maximum atomic E-state index is 13.1. The van der Waals surface area contributed by atoms with Crippen molar-refractivity contribution in [3.63, 3.8) is 0 Å². The molecule has 0 fully saturated rings. The molecule has 0 aliphatic rings. The SMILES string of the molecule is CC(CCOc1cc(F)cc(Br)c1)CCS(=O)(=O)Cl. The van der Waals surface area contributed by atoms with E-state index in [2.05, 4.69) is 15.9 Å². The molecule has 0 N–H and O–H groups in total. The van der Waals surface area contributed by atoms with Gasteiger partial charge in [0.25, 0.3) is 0 Å². The highest BCUT2D eigenvalue weighted by atomic mass is 79.9. The van der Waals surface area contributed by atoms with Gasteiger partial charge in [-0.05, 0) is 30.9 Å². The minimum absolute atomic E-state index is 0.0404. The summed E-state index contributed by atoms with van der Waals surface area (Å²) >= 11 is 3.18. The summed E-state index contributed by atoms with van der Waals surface area (Å²) in [6.45, 7) is 2.33. The molecule has 0 aliphatic carbocycles. The summed E-state index contributed by atoms with van der Waals surface area (Å²) < 4.78 is 40.7. The molecular formula is C12H15BrClFO3S. The fourth-order valence-electron chi connectivity index (χ4n) is 1.48. The van der Waals surface area contributed by atoms with Crippen molar-refractivity contribution < 1.29 is 17.5 Å². The Balaban J connectivity index is 2.33. The van der Waals surface area contributed by atoms with E-state index < -0.39 is 9.05 Å². The predicted octanol–water partition coefficient (Wildman–Crippen LogP) is 3.95. The lowest BCUT2D eigenvalue weighted by atomic mass is 10.1. The standard InChI is InChI=1S/C12H15BrClFO3S/c1-9(3-5-19(14,16)17)2-4-18-12-7-10(13)6-11(15)8-12/h6-9H,2-5H2,1H3. The average Bonchev–Trinajstić information content (AvgIpc) is 2.24. The van der Waals surface area contributed by atoms with Crippen LogP contribution in [0, 0.1) is 11.7 Å². The maximum Gasteiger partial charge on any atom is 0.232 e. The number of ether oxygens (including phenoxy) is 1. The van der Waals surface area contributed by atoms with Crippen LogP contribution in [0.1, 0.15) is 19.8 Å². The van der Waals surface area contributed by atoms with Crippen molar-refractivity contribution in [1.82, 2.24) is 0 Å². The van der Waals surface area contributed by atoms with Gasteiger partial charge in [0.1, 0.15) is 11.6 Å². The van der Waals surface area contributed by atoms with Gasteiger partial charge in [-0.1, -0.05) is 22.9 Å². The monoisotopic (exact) mass is 372 g/mol. The molecule has 0 aliphatic heterocycles. The van der Waals surface area contributed by atoms with E-state index >= 15 is 0 Å². The van der Waals surface area contributed by atoms with E-state index in [-0.39, 0.29) is 17.5 Å². The molecule has 1 rings (SSSR count). The summed E-state index contributed by atoms with van der Waals surface area (Å²) in [5.74, 6) is 0.210. The molecule has 0 aromatic heterocycles. The first-order chi connectivity index (χ1) is 8.76. The van der Waals surface area contributed by atoms with Crippen LogP contribution in [0.15, 0.2) is 22.7 Å². The van der Waals surface area contributed by atoms with E-state index in [1.54, 1.807) is 6.07 Å². The van der Waals surface area contributed by atoms with Crippen LogP contribution in [-0.2, 0) is 9.05 Å². The first-order valence-electron chi connectivity index (χ1n) is 5.77. The van der Waals surface area contributed by atoms with E-state index in [4.69, 9.17) is 15.4 Å².